The van der Waals surface area contributed by atoms with E-state index in [0.29, 0.717) is 6.54 Å². The molecule has 1 N–H and O–H groups in total. The van der Waals surface area contributed by atoms with Gasteiger partial charge in [0, 0.05) is 20.0 Å². The van der Waals surface area contributed by atoms with Gasteiger partial charge >= 0.3 is 12.1 Å². The number of nitrogens with one attached hydrogen (secondary N) is 1. The summed E-state index contributed by atoms with van der Waals surface area (Å²) in [4.78, 5) is 37.2. The fourth-order valence-electron chi connectivity index (χ4n) is 1.90. The number of rotatable bonds is 9. The summed E-state index contributed by atoms with van der Waals surface area (Å²) in [5.41, 5.74) is -0.675. The van der Waals surface area contributed by atoms with E-state index in [4.69, 9.17) is 4.74 Å². The Morgan fingerprint density at radius 1 is 1.29 bits per heavy atom. The second-order valence-electron chi connectivity index (χ2n) is 6.51. The lowest BCUT2D eigenvalue weighted by molar-refractivity contribution is -0.143. The van der Waals surface area contributed by atoms with E-state index in [1.165, 1.54) is 7.11 Å². The number of ether oxygens (including phenoxy) is 2. The van der Waals surface area contributed by atoms with Crippen LogP contribution in [0.2, 0.25) is 0 Å². The van der Waals surface area contributed by atoms with Crippen LogP contribution in [-0.2, 0) is 19.1 Å². The van der Waals surface area contributed by atoms with Crippen LogP contribution in [-0.4, -0.2) is 55.2 Å². The van der Waals surface area contributed by atoms with Gasteiger partial charge in [-0.1, -0.05) is 6.08 Å². The van der Waals surface area contributed by atoms with Gasteiger partial charge in [0.15, 0.2) is 0 Å². The van der Waals surface area contributed by atoms with Crippen molar-refractivity contribution in [3.05, 3.63) is 12.7 Å². The molecule has 1 atom stereocenters. The van der Waals surface area contributed by atoms with Gasteiger partial charge in [-0.2, -0.15) is 0 Å². The lowest BCUT2D eigenvalue weighted by Crippen LogP contribution is -2.44. The minimum Gasteiger partial charge on any atom is -0.467 e. The van der Waals surface area contributed by atoms with Gasteiger partial charge in [-0.05, 0) is 40.0 Å². The highest BCUT2D eigenvalue weighted by Crippen LogP contribution is 2.09. The molecule has 0 saturated carbocycles. The summed E-state index contributed by atoms with van der Waals surface area (Å²) in [5, 5.41) is 2.45. The Kier molecular flexibility index (Phi) is 9.76. The van der Waals surface area contributed by atoms with Crippen molar-refractivity contribution >= 4 is 18.0 Å². The lowest BCUT2D eigenvalue weighted by Gasteiger charge is -2.23. The van der Waals surface area contributed by atoms with Gasteiger partial charge in [0.2, 0.25) is 5.91 Å². The Labute approximate surface area is 144 Å². The molecule has 0 spiro atoms. The summed E-state index contributed by atoms with van der Waals surface area (Å²) in [6.07, 6.45) is 3.03. The Balaban J connectivity index is 4.53. The Morgan fingerprint density at radius 2 is 1.92 bits per heavy atom. The SMILES string of the molecule is C=CCCCN(C)C(=O)CC[C@H](NC(=O)OC(C)(C)C)C(=O)OC. The molecule has 0 aliphatic rings. The second kappa shape index (κ2) is 10.7. The molecule has 0 aromatic heterocycles. The van der Waals surface area contributed by atoms with Crippen LogP contribution in [0.1, 0.15) is 46.5 Å². The number of allylic oxidation sites excluding steroid dienone is 1. The molecule has 0 fully saturated rings. The van der Waals surface area contributed by atoms with Crippen LogP contribution in [0, 0.1) is 0 Å². The van der Waals surface area contributed by atoms with Crippen molar-refractivity contribution in [3.8, 4) is 0 Å². The minimum atomic E-state index is -0.921. The Hall–Kier alpha value is -2.05. The number of hydrogen-bond acceptors (Lipinski definition) is 5. The number of carbonyl (C=O) groups is 3. The molecule has 138 valence electrons. The molecule has 0 saturated heterocycles. The minimum absolute atomic E-state index is 0.0982. The van der Waals surface area contributed by atoms with E-state index >= 15 is 0 Å². The third kappa shape index (κ3) is 9.86. The molecule has 0 aromatic carbocycles. The lowest BCUT2D eigenvalue weighted by atomic mass is 10.1. The zero-order valence-electron chi connectivity index (χ0n) is 15.4. The first kappa shape index (κ1) is 21.9. The number of amides is 2. The molecule has 0 aliphatic carbocycles. The molecule has 0 aromatic rings. The van der Waals surface area contributed by atoms with Crippen molar-refractivity contribution in [1.29, 1.82) is 0 Å². The summed E-state index contributed by atoms with van der Waals surface area (Å²) >= 11 is 0. The molecule has 24 heavy (non-hydrogen) atoms. The van der Waals surface area contributed by atoms with Crippen molar-refractivity contribution in [2.75, 3.05) is 20.7 Å². The molecule has 0 radical (unpaired) electrons. The average Bonchev–Trinajstić information content (AvgIpc) is 2.48. The number of carbonyl (C=O) groups excluding carboxylic acids is 3. The number of alkyl carbamates (subject to hydrolysis) is 1. The highest BCUT2D eigenvalue weighted by atomic mass is 16.6. The molecule has 7 heteroatoms. The van der Waals surface area contributed by atoms with E-state index in [9.17, 15) is 14.4 Å². The zero-order valence-corrected chi connectivity index (χ0v) is 15.4. The van der Waals surface area contributed by atoms with Crippen LogP contribution in [0.3, 0.4) is 0 Å². The van der Waals surface area contributed by atoms with Crippen LogP contribution in [0.15, 0.2) is 12.7 Å². The largest absolute Gasteiger partial charge is 0.467 e. The van der Waals surface area contributed by atoms with Gasteiger partial charge in [0.05, 0.1) is 7.11 Å². The van der Waals surface area contributed by atoms with Crippen molar-refractivity contribution < 1.29 is 23.9 Å². The van der Waals surface area contributed by atoms with Gasteiger partial charge < -0.3 is 19.7 Å². The highest BCUT2D eigenvalue weighted by molar-refractivity contribution is 5.82. The second-order valence-corrected chi connectivity index (χ2v) is 6.51. The van der Waals surface area contributed by atoms with Crippen molar-refractivity contribution in [1.82, 2.24) is 10.2 Å². The molecular formula is C17H30N2O5. The van der Waals surface area contributed by atoms with Gasteiger partial charge in [-0.3, -0.25) is 4.79 Å². The molecular weight excluding hydrogens is 312 g/mol. The van der Waals surface area contributed by atoms with Crippen LogP contribution < -0.4 is 5.32 Å². The maximum absolute atomic E-state index is 12.1. The summed E-state index contributed by atoms with van der Waals surface area (Å²) in [6.45, 7) is 9.43. The van der Waals surface area contributed by atoms with Crippen LogP contribution in [0.25, 0.3) is 0 Å². The number of methoxy groups -OCH3 is 1. The normalized spacial score (nSPS) is 12.0. The van der Waals surface area contributed by atoms with E-state index in [-0.39, 0.29) is 18.7 Å². The predicted octanol–water partition coefficient (Wildman–Crippen LogP) is 2.26. The summed E-state index contributed by atoms with van der Waals surface area (Å²) < 4.78 is 9.79. The van der Waals surface area contributed by atoms with E-state index in [1.54, 1.807) is 38.8 Å². The Morgan fingerprint density at radius 3 is 2.42 bits per heavy atom. The fraction of sp³-hybridized carbons (Fsp3) is 0.706. The molecule has 7 nitrogen and oxygen atoms in total. The third-order valence-corrected chi connectivity index (χ3v) is 3.15. The first-order valence-electron chi connectivity index (χ1n) is 8.03. The topological polar surface area (TPSA) is 84.9 Å². The fourth-order valence-corrected chi connectivity index (χ4v) is 1.90. The zero-order chi connectivity index (χ0) is 18.8. The molecule has 0 rings (SSSR count). The van der Waals surface area contributed by atoms with Gasteiger partial charge in [0.25, 0.3) is 0 Å². The van der Waals surface area contributed by atoms with Gasteiger partial charge in [-0.25, -0.2) is 9.59 Å². The molecule has 0 aliphatic heterocycles. The molecule has 0 heterocycles. The van der Waals surface area contributed by atoms with Crippen molar-refractivity contribution in [2.24, 2.45) is 0 Å². The first-order chi connectivity index (χ1) is 11.1. The number of unbranched alkanes of at least 4 members (excludes halogenated alkanes) is 1. The quantitative estimate of drug-likeness (QED) is 0.395. The number of hydrogen-bond donors (Lipinski definition) is 1. The van der Waals surface area contributed by atoms with E-state index in [0.717, 1.165) is 12.8 Å². The number of esters is 1. The summed E-state index contributed by atoms with van der Waals surface area (Å²) in [5.74, 6) is -0.707. The highest BCUT2D eigenvalue weighted by Gasteiger charge is 2.26. The maximum atomic E-state index is 12.1. The number of nitrogens with zero attached hydrogens (tertiary/aromatic N) is 1. The van der Waals surface area contributed by atoms with Gasteiger partial charge in [-0.15, -0.1) is 6.58 Å². The summed E-state index contributed by atoms with van der Waals surface area (Å²) in [6, 6.07) is -0.921. The molecule has 2 amide bonds. The third-order valence-electron chi connectivity index (χ3n) is 3.15. The first-order valence-corrected chi connectivity index (χ1v) is 8.03. The van der Waals surface area contributed by atoms with E-state index in [2.05, 4.69) is 16.6 Å². The van der Waals surface area contributed by atoms with Crippen LogP contribution in [0.5, 0.6) is 0 Å². The van der Waals surface area contributed by atoms with Crippen LogP contribution in [0.4, 0.5) is 4.79 Å². The monoisotopic (exact) mass is 342 g/mol. The van der Waals surface area contributed by atoms with E-state index < -0.39 is 23.7 Å². The predicted molar refractivity (Wildman–Crippen MR) is 91.5 cm³/mol. The molecule has 0 unspecified atom stereocenters. The Bertz CT molecular complexity index is 443. The van der Waals surface area contributed by atoms with Gasteiger partial charge in [0.1, 0.15) is 11.6 Å². The van der Waals surface area contributed by atoms with Crippen molar-refractivity contribution in [2.45, 2.75) is 58.1 Å². The standard InChI is InChI=1S/C17H30N2O5/c1-7-8-9-12-19(5)14(20)11-10-13(15(21)23-6)18-16(22)24-17(2,3)4/h7,13H,1,8-12H2,2-6H3,(H,18,22)/t13-/m0/s1. The van der Waals surface area contributed by atoms with E-state index in [1.807, 2.05) is 0 Å². The average molecular weight is 342 g/mol. The summed E-state index contributed by atoms with van der Waals surface area (Å²) in [7, 11) is 2.94. The van der Waals surface area contributed by atoms with Crippen molar-refractivity contribution in [3.63, 3.8) is 0 Å². The maximum Gasteiger partial charge on any atom is 0.408 e. The van der Waals surface area contributed by atoms with Crippen LogP contribution >= 0.6 is 0 Å². The molecule has 0 bridgehead atoms. The smallest absolute Gasteiger partial charge is 0.408 e.